The summed E-state index contributed by atoms with van der Waals surface area (Å²) in [5.41, 5.74) is 5.43. The highest BCUT2D eigenvalue weighted by molar-refractivity contribution is 5.79. The van der Waals surface area contributed by atoms with Crippen LogP contribution >= 0.6 is 0 Å². The van der Waals surface area contributed by atoms with Gasteiger partial charge in [-0.2, -0.15) is 0 Å². The van der Waals surface area contributed by atoms with Crippen LogP contribution in [-0.2, 0) is 4.79 Å². The molecule has 0 bridgehead atoms. The number of nitrogens with two attached hydrogens (primary N) is 1. The van der Waals surface area contributed by atoms with E-state index in [0.717, 1.165) is 12.1 Å². The molecule has 1 fully saturated rings. The molecule has 0 aromatic carbocycles. The molecule has 0 aliphatic carbocycles. The molecule has 1 aliphatic heterocycles. The van der Waals surface area contributed by atoms with E-state index in [1.54, 1.807) is 6.07 Å². The third-order valence-electron chi connectivity index (χ3n) is 3.68. The average Bonchev–Trinajstić information content (AvgIpc) is 2.77. The molecule has 1 aliphatic rings. The van der Waals surface area contributed by atoms with E-state index in [4.69, 9.17) is 10.8 Å². The fraction of sp³-hybridized carbons (Fsp3) is 0.538. The van der Waals surface area contributed by atoms with Gasteiger partial charge in [0.2, 0.25) is 0 Å². The molecule has 2 heterocycles. The van der Waals surface area contributed by atoms with E-state index in [1.807, 2.05) is 11.8 Å². The van der Waals surface area contributed by atoms with Gasteiger partial charge in [-0.3, -0.25) is 14.7 Å². The van der Waals surface area contributed by atoms with Crippen molar-refractivity contribution < 1.29 is 14.3 Å². The van der Waals surface area contributed by atoms with E-state index in [1.165, 1.54) is 12.3 Å². The van der Waals surface area contributed by atoms with Crippen LogP contribution < -0.4 is 5.73 Å². The van der Waals surface area contributed by atoms with E-state index in [2.05, 4.69) is 4.98 Å². The molecule has 19 heavy (non-hydrogen) atoms. The summed E-state index contributed by atoms with van der Waals surface area (Å²) in [4.78, 5) is 17.2. The molecule has 0 radical (unpaired) electrons. The molecule has 1 saturated heterocycles. The zero-order chi connectivity index (χ0) is 14.0. The number of nitrogens with zero attached hydrogens (tertiary/aromatic N) is 2. The first-order valence-corrected chi connectivity index (χ1v) is 6.34. The summed E-state index contributed by atoms with van der Waals surface area (Å²) < 4.78 is 12.9. The molecular weight excluding hydrogens is 249 g/mol. The number of likely N-dealkylation sites (tertiary alicyclic amines) is 1. The summed E-state index contributed by atoms with van der Waals surface area (Å²) in [5.74, 6) is -1.35. The zero-order valence-electron chi connectivity index (χ0n) is 10.8. The second-order valence-corrected chi connectivity index (χ2v) is 5.01. The van der Waals surface area contributed by atoms with Crippen molar-refractivity contribution in [1.82, 2.24) is 9.88 Å². The number of carbonyl (C=O) groups is 1. The number of halogens is 1. The maximum Gasteiger partial charge on any atom is 0.325 e. The predicted molar refractivity (Wildman–Crippen MR) is 68.0 cm³/mol. The quantitative estimate of drug-likeness (QED) is 0.855. The zero-order valence-corrected chi connectivity index (χ0v) is 10.8. The molecule has 6 heteroatoms. The van der Waals surface area contributed by atoms with Gasteiger partial charge in [-0.25, -0.2) is 4.39 Å². The number of pyridine rings is 1. The van der Waals surface area contributed by atoms with Crippen LogP contribution in [0.15, 0.2) is 18.3 Å². The van der Waals surface area contributed by atoms with Crippen molar-refractivity contribution in [2.24, 2.45) is 5.73 Å². The van der Waals surface area contributed by atoms with Crippen LogP contribution in [0.3, 0.4) is 0 Å². The summed E-state index contributed by atoms with van der Waals surface area (Å²) in [5, 5.41) is 9.13. The summed E-state index contributed by atoms with van der Waals surface area (Å²) in [6.45, 7) is 2.90. The highest BCUT2D eigenvalue weighted by Crippen LogP contribution is 2.30. The van der Waals surface area contributed by atoms with Crippen LogP contribution in [-0.4, -0.2) is 39.6 Å². The van der Waals surface area contributed by atoms with Crippen molar-refractivity contribution in [2.45, 2.75) is 31.3 Å². The van der Waals surface area contributed by atoms with Crippen molar-refractivity contribution in [3.05, 3.63) is 29.8 Å². The number of carboxylic acids is 1. The van der Waals surface area contributed by atoms with Crippen molar-refractivity contribution in [1.29, 1.82) is 0 Å². The first-order chi connectivity index (χ1) is 8.96. The Balaban J connectivity index is 2.16. The molecule has 5 nitrogen and oxygen atoms in total. The Kier molecular flexibility index (Phi) is 3.82. The van der Waals surface area contributed by atoms with E-state index in [9.17, 15) is 9.18 Å². The van der Waals surface area contributed by atoms with Crippen LogP contribution in [0.2, 0.25) is 0 Å². The molecule has 1 aromatic heterocycles. The SMILES string of the molecule is CCC(c1ccc(F)cn1)N1CCC(N)(C(=O)O)C1. The minimum absolute atomic E-state index is 0.0228. The fourth-order valence-corrected chi connectivity index (χ4v) is 2.54. The van der Waals surface area contributed by atoms with Gasteiger partial charge in [0, 0.05) is 13.1 Å². The highest BCUT2D eigenvalue weighted by Gasteiger charge is 2.43. The van der Waals surface area contributed by atoms with Gasteiger partial charge in [0.25, 0.3) is 0 Å². The summed E-state index contributed by atoms with van der Waals surface area (Å²) >= 11 is 0. The van der Waals surface area contributed by atoms with Crippen LogP contribution in [0.4, 0.5) is 4.39 Å². The number of aliphatic carboxylic acids is 1. The van der Waals surface area contributed by atoms with Gasteiger partial charge < -0.3 is 10.8 Å². The van der Waals surface area contributed by atoms with Crippen LogP contribution in [0.5, 0.6) is 0 Å². The summed E-state index contributed by atoms with van der Waals surface area (Å²) in [6.07, 6.45) is 2.37. The second kappa shape index (κ2) is 5.22. The third kappa shape index (κ3) is 2.74. The number of rotatable bonds is 4. The van der Waals surface area contributed by atoms with E-state index < -0.39 is 11.5 Å². The Hall–Kier alpha value is -1.53. The summed E-state index contributed by atoms with van der Waals surface area (Å²) in [6, 6.07) is 2.99. The van der Waals surface area contributed by atoms with Crippen molar-refractivity contribution in [3.8, 4) is 0 Å². The van der Waals surface area contributed by atoms with Crippen LogP contribution in [0.25, 0.3) is 0 Å². The molecule has 104 valence electrons. The average molecular weight is 267 g/mol. The lowest BCUT2D eigenvalue weighted by molar-refractivity contribution is -0.142. The Labute approximate surface area is 111 Å². The Morgan fingerprint density at radius 1 is 1.68 bits per heavy atom. The smallest absolute Gasteiger partial charge is 0.325 e. The molecule has 0 amide bonds. The molecule has 2 atom stereocenters. The maximum atomic E-state index is 12.9. The lowest BCUT2D eigenvalue weighted by Gasteiger charge is -2.27. The number of hydrogen-bond acceptors (Lipinski definition) is 4. The molecule has 2 unspecified atom stereocenters. The van der Waals surface area contributed by atoms with Gasteiger partial charge in [0.05, 0.1) is 17.9 Å². The van der Waals surface area contributed by atoms with Gasteiger partial charge in [-0.1, -0.05) is 6.92 Å². The van der Waals surface area contributed by atoms with Gasteiger partial charge in [-0.15, -0.1) is 0 Å². The predicted octanol–water partition coefficient (Wildman–Crippen LogP) is 1.16. The Morgan fingerprint density at radius 2 is 2.42 bits per heavy atom. The Morgan fingerprint density at radius 3 is 2.89 bits per heavy atom. The van der Waals surface area contributed by atoms with E-state index >= 15 is 0 Å². The molecule has 0 saturated carbocycles. The maximum absolute atomic E-state index is 12.9. The van der Waals surface area contributed by atoms with Gasteiger partial charge >= 0.3 is 5.97 Å². The molecule has 3 N–H and O–H groups in total. The normalized spacial score (nSPS) is 25.4. The van der Waals surface area contributed by atoms with E-state index in [0.29, 0.717) is 19.5 Å². The minimum Gasteiger partial charge on any atom is -0.480 e. The number of carboxylic acid groups (broad SMARTS) is 1. The molecular formula is C13H18FN3O2. The van der Waals surface area contributed by atoms with E-state index in [-0.39, 0.29) is 11.9 Å². The largest absolute Gasteiger partial charge is 0.480 e. The fourth-order valence-electron chi connectivity index (χ4n) is 2.54. The van der Waals surface area contributed by atoms with Gasteiger partial charge in [0.15, 0.2) is 0 Å². The minimum atomic E-state index is -1.19. The molecule has 0 spiro atoms. The first kappa shape index (κ1) is 13.9. The monoisotopic (exact) mass is 267 g/mol. The van der Waals surface area contributed by atoms with Crippen LogP contribution in [0.1, 0.15) is 31.5 Å². The van der Waals surface area contributed by atoms with Crippen molar-refractivity contribution in [2.75, 3.05) is 13.1 Å². The van der Waals surface area contributed by atoms with Gasteiger partial charge in [0.1, 0.15) is 11.4 Å². The summed E-state index contributed by atoms with van der Waals surface area (Å²) in [7, 11) is 0. The molecule has 1 aromatic rings. The van der Waals surface area contributed by atoms with Crippen molar-refractivity contribution >= 4 is 5.97 Å². The lowest BCUT2D eigenvalue weighted by atomic mass is 10.0. The van der Waals surface area contributed by atoms with Crippen molar-refractivity contribution in [3.63, 3.8) is 0 Å². The standard InChI is InChI=1S/C13H18FN3O2/c1-2-11(10-4-3-9(14)7-16-10)17-6-5-13(15,8-17)12(18)19/h3-4,7,11H,2,5-6,8,15H2,1H3,(H,18,19). The van der Waals surface area contributed by atoms with Crippen LogP contribution in [0, 0.1) is 5.82 Å². The first-order valence-electron chi connectivity index (χ1n) is 6.34. The third-order valence-corrected chi connectivity index (χ3v) is 3.68. The highest BCUT2D eigenvalue weighted by atomic mass is 19.1. The second-order valence-electron chi connectivity index (χ2n) is 5.01. The lowest BCUT2D eigenvalue weighted by Crippen LogP contribution is -2.50. The molecule has 2 rings (SSSR count). The topological polar surface area (TPSA) is 79.5 Å². The number of aromatic nitrogens is 1. The Bertz CT molecular complexity index is 465. The van der Waals surface area contributed by atoms with Gasteiger partial charge in [-0.05, 0) is 25.0 Å². The number of hydrogen-bond donors (Lipinski definition) is 2.